The Morgan fingerprint density at radius 1 is 1.09 bits per heavy atom. The molecular weight excluding hydrogens is 424 g/mol. The van der Waals surface area contributed by atoms with Gasteiger partial charge in [-0.3, -0.25) is 14.4 Å². The van der Waals surface area contributed by atoms with Gasteiger partial charge < -0.3 is 20.4 Å². The van der Waals surface area contributed by atoms with E-state index in [2.05, 4.69) is 0 Å². The van der Waals surface area contributed by atoms with E-state index < -0.39 is 50.9 Å². The molecule has 0 saturated heterocycles. The summed E-state index contributed by atoms with van der Waals surface area (Å²) < 4.78 is 0. The summed E-state index contributed by atoms with van der Waals surface area (Å²) in [6, 6.07) is 1.86. The van der Waals surface area contributed by atoms with Crippen molar-refractivity contribution in [3.63, 3.8) is 0 Å². The zero-order valence-corrected chi connectivity index (χ0v) is 19.8. The molecule has 0 spiro atoms. The van der Waals surface area contributed by atoms with E-state index in [9.17, 15) is 34.8 Å². The van der Waals surface area contributed by atoms with Crippen molar-refractivity contribution < 1.29 is 34.8 Å². The van der Waals surface area contributed by atoms with Crippen LogP contribution in [0.2, 0.25) is 0 Å². The van der Waals surface area contributed by atoms with Crippen LogP contribution in [0, 0.1) is 17.8 Å². The molecule has 0 unspecified atom stereocenters. The van der Waals surface area contributed by atoms with Crippen molar-refractivity contribution in [3.8, 4) is 5.75 Å². The minimum atomic E-state index is -2.54. The van der Waals surface area contributed by atoms with Crippen LogP contribution in [0.5, 0.6) is 5.75 Å². The molecule has 1 aromatic rings. The number of Topliss-reactive ketones (excluding diaryl/α,β-unsaturated/α-hetero) is 3. The van der Waals surface area contributed by atoms with Gasteiger partial charge in [-0.1, -0.05) is 33.8 Å². The van der Waals surface area contributed by atoms with E-state index in [0.29, 0.717) is 17.5 Å². The van der Waals surface area contributed by atoms with Gasteiger partial charge in [0.1, 0.15) is 22.8 Å². The van der Waals surface area contributed by atoms with E-state index in [1.165, 1.54) is 0 Å². The first-order valence-electron chi connectivity index (χ1n) is 11.1. The number of aromatic hydroxyl groups is 1. The summed E-state index contributed by atoms with van der Waals surface area (Å²) in [4.78, 5) is 39.2. The number of phenols is 1. The van der Waals surface area contributed by atoms with Crippen molar-refractivity contribution in [2.75, 3.05) is 0 Å². The maximum absolute atomic E-state index is 13.8. The van der Waals surface area contributed by atoms with Gasteiger partial charge >= 0.3 is 0 Å². The normalized spacial score (nSPS) is 31.5. The summed E-state index contributed by atoms with van der Waals surface area (Å²) in [5, 5.41) is 44.3. The molecule has 3 aliphatic rings. The molecule has 0 aromatic heterocycles. The third kappa shape index (κ3) is 2.75. The first kappa shape index (κ1) is 23.2. The number of hydrogen-bond acceptors (Lipinski definition) is 7. The van der Waals surface area contributed by atoms with Crippen LogP contribution in [0.15, 0.2) is 28.7 Å². The second kappa shape index (κ2) is 6.79. The Bertz CT molecular complexity index is 1220. The van der Waals surface area contributed by atoms with Gasteiger partial charge in [0.15, 0.2) is 17.2 Å². The number of hydrogen-bond donors (Lipinski definition) is 4. The molecule has 0 amide bonds. The predicted molar refractivity (Wildman–Crippen MR) is 120 cm³/mol. The Kier molecular flexibility index (Phi) is 4.78. The zero-order valence-electron chi connectivity index (χ0n) is 19.8. The predicted octanol–water partition coefficient (Wildman–Crippen LogP) is 3.90. The lowest BCUT2D eigenvalue weighted by molar-refractivity contribution is -0.159. The smallest absolute Gasteiger partial charge is 0.209 e. The molecule has 0 aliphatic heterocycles. The van der Waals surface area contributed by atoms with Crippen molar-refractivity contribution in [1.29, 1.82) is 0 Å². The topological polar surface area (TPSA) is 132 Å². The molecule has 33 heavy (non-hydrogen) atoms. The molecule has 3 aliphatic carbocycles. The molecule has 0 fully saturated rings. The minimum absolute atomic E-state index is 0.0750. The van der Waals surface area contributed by atoms with Crippen LogP contribution in [0.4, 0.5) is 0 Å². The highest BCUT2D eigenvalue weighted by atomic mass is 16.3. The first-order valence-corrected chi connectivity index (χ1v) is 11.1. The molecule has 4 rings (SSSR count). The Hall–Kier alpha value is -2.93. The molecule has 7 nitrogen and oxygen atoms in total. The average Bonchev–Trinajstić information content (AvgIpc) is 2.66. The number of ketones is 3. The lowest BCUT2D eigenvalue weighted by atomic mass is 9.48. The fraction of sp³-hybridized carbons (Fsp3) is 0.500. The van der Waals surface area contributed by atoms with Crippen LogP contribution in [0.3, 0.4) is 0 Å². The van der Waals surface area contributed by atoms with Gasteiger partial charge in [-0.15, -0.1) is 0 Å². The van der Waals surface area contributed by atoms with Crippen LogP contribution in [0.25, 0.3) is 0 Å². The van der Waals surface area contributed by atoms with Crippen molar-refractivity contribution in [2.24, 2.45) is 10.8 Å². The molecule has 7 heteroatoms. The van der Waals surface area contributed by atoms with E-state index in [-0.39, 0.29) is 35.6 Å². The second-order valence-corrected chi connectivity index (χ2v) is 10.8. The minimum Gasteiger partial charge on any atom is -0.511 e. The number of aryl methyl sites for hydroxylation is 1. The highest BCUT2D eigenvalue weighted by Gasteiger charge is 2.67. The number of rotatable bonds is 2. The van der Waals surface area contributed by atoms with Crippen LogP contribution in [-0.4, -0.2) is 43.4 Å². The summed E-state index contributed by atoms with van der Waals surface area (Å²) in [5.74, 6) is -3.79. The van der Waals surface area contributed by atoms with Crippen LogP contribution in [-0.2, 0) is 16.0 Å². The summed E-state index contributed by atoms with van der Waals surface area (Å²) in [5.41, 5.74) is -3.32. The van der Waals surface area contributed by atoms with Crippen LogP contribution >= 0.6 is 0 Å². The molecule has 0 heterocycles. The molecule has 0 radical (unpaired) electrons. The van der Waals surface area contributed by atoms with E-state index in [1.807, 2.05) is 19.9 Å². The van der Waals surface area contributed by atoms with Gasteiger partial charge in [-0.05, 0) is 49.3 Å². The average molecular weight is 455 g/mol. The lowest BCUT2D eigenvalue weighted by Gasteiger charge is -2.56. The van der Waals surface area contributed by atoms with Gasteiger partial charge in [0.2, 0.25) is 5.78 Å². The van der Waals surface area contributed by atoms with Crippen molar-refractivity contribution >= 4 is 17.3 Å². The third-order valence-electron chi connectivity index (χ3n) is 7.87. The summed E-state index contributed by atoms with van der Waals surface area (Å²) in [7, 11) is 0. The van der Waals surface area contributed by atoms with Crippen molar-refractivity contribution in [2.45, 2.75) is 72.3 Å². The number of aliphatic hydroxyl groups is 3. The highest BCUT2D eigenvalue weighted by Crippen LogP contribution is 2.62. The number of benzene rings is 1. The van der Waals surface area contributed by atoms with Crippen LogP contribution in [0.1, 0.15) is 80.4 Å². The van der Waals surface area contributed by atoms with Gasteiger partial charge in [-0.25, -0.2) is 0 Å². The monoisotopic (exact) mass is 454 g/mol. The summed E-state index contributed by atoms with van der Waals surface area (Å²) in [6.45, 7) is 10.1. The number of aliphatic hydroxyl groups excluding tert-OH is 2. The largest absolute Gasteiger partial charge is 0.511 e. The maximum atomic E-state index is 13.8. The van der Waals surface area contributed by atoms with E-state index in [1.54, 1.807) is 20.8 Å². The number of phenolic OH excluding ortho intramolecular Hbond substituents is 1. The second-order valence-electron chi connectivity index (χ2n) is 10.8. The maximum Gasteiger partial charge on any atom is 0.209 e. The fourth-order valence-electron chi connectivity index (χ4n) is 6.41. The Morgan fingerprint density at radius 2 is 1.70 bits per heavy atom. The van der Waals surface area contributed by atoms with Crippen molar-refractivity contribution in [1.82, 2.24) is 0 Å². The van der Waals surface area contributed by atoms with E-state index in [4.69, 9.17) is 0 Å². The first-order chi connectivity index (χ1) is 15.1. The van der Waals surface area contributed by atoms with Gasteiger partial charge in [0.05, 0.1) is 5.56 Å². The van der Waals surface area contributed by atoms with Crippen molar-refractivity contribution in [3.05, 3.63) is 51.0 Å². The van der Waals surface area contributed by atoms with E-state index >= 15 is 0 Å². The highest BCUT2D eigenvalue weighted by molar-refractivity contribution is 6.25. The summed E-state index contributed by atoms with van der Waals surface area (Å²) in [6.07, 6.45) is 0.210. The molecular formula is C26H30O7. The summed E-state index contributed by atoms with van der Waals surface area (Å²) >= 11 is 0. The van der Waals surface area contributed by atoms with Crippen LogP contribution < -0.4 is 0 Å². The molecule has 176 valence electrons. The SMILES string of the molecule is CC(=O)C1=C(O)C[C@@]2(C)C[C@@]3(C)Cc4c(C(C)C)cc(C)c(O)c4C(=O)C3=C(O)[C@@]2(O)C1=O. The van der Waals surface area contributed by atoms with E-state index in [0.717, 1.165) is 12.5 Å². The molecule has 0 saturated carbocycles. The Balaban J connectivity index is 2.05. The molecule has 3 atom stereocenters. The molecule has 1 aromatic carbocycles. The molecule has 0 bridgehead atoms. The number of carbonyl (C=O) groups is 3. The fourth-order valence-corrected chi connectivity index (χ4v) is 6.41. The molecule has 4 N–H and O–H groups in total. The quantitative estimate of drug-likeness (QED) is 0.498. The van der Waals surface area contributed by atoms with Gasteiger partial charge in [0, 0.05) is 22.8 Å². The number of fused-ring (bicyclic) bond motifs is 3. The number of allylic oxidation sites excluding steroid dienone is 2. The Morgan fingerprint density at radius 3 is 2.24 bits per heavy atom. The number of carbonyl (C=O) groups excluding carboxylic acids is 3. The van der Waals surface area contributed by atoms with Gasteiger partial charge in [0.25, 0.3) is 0 Å². The lowest BCUT2D eigenvalue weighted by Crippen LogP contribution is -2.63. The Labute approximate surface area is 192 Å². The van der Waals surface area contributed by atoms with Gasteiger partial charge in [-0.2, -0.15) is 0 Å². The standard InChI is InChI=1S/C26H30O7/c1-11(2)14-7-12(3)20(29)18-15(14)8-24(5)10-25(6)9-16(28)17(13(4)27)22(31)26(25,33)23(32)19(24)21(18)30/h7,11,28-29,32-33H,8-10H2,1-6H3/t24-,25+,26+/m1/s1. The third-order valence-corrected chi connectivity index (χ3v) is 7.87. The zero-order chi connectivity index (χ0) is 24.8.